The van der Waals surface area contributed by atoms with Crippen LogP contribution < -0.4 is 9.64 Å². The molecule has 8 heteroatoms. The first kappa shape index (κ1) is 15.9. The van der Waals surface area contributed by atoms with Gasteiger partial charge in [-0.1, -0.05) is 0 Å². The van der Waals surface area contributed by atoms with Gasteiger partial charge in [0.05, 0.1) is 13.0 Å². The average Bonchev–Trinajstić information content (AvgIpc) is 3.04. The van der Waals surface area contributed by atoms with E-state index in [1.54, 1.807) is 17.2 Å². The van der Waals surface area contributed by atoms with E-state index >= 15 is 0 Å². The molecule has 1 unspecified atom stereocenters. The van der Waals surface area contributed by atoms with E-state index in [0.717, 1.165) is 0 Å². The lowest BCUT2D eigenvalue weighted by molar-refractivity contribution is -0.140. The summed E-state index contributed by atoms with van der Waals surface area (Å²) in [6.45, 7) is 1.46. The molecule has 23 heavy (non-hydrogen) atoms. The van der Waals surface area contributed by atoms with Gasteiger partial charge in [0.2, 0.25) is 17.7 Å². The first-order valence-corrected chi connectivity index (χ1v) is 7.77. The molecular weight excluding hydrogens is 306 g/mol. The van der Waals surface area contributed by atoms with Gasteiger partial charge in [0.25, 0.3) is 5.92 Å². The molecule has 2 aliphatic heterocycles. The third kappa shape index (κ3) is 3.51. The summed E-state index contributed by atoms with van der Waals surface area (Å²) in [5.74, 6) is -1.84. The summed E-state index contributed by atoms with van der Waals surface area (Å²) in [4.78, 5) is 24.5. The van der Waals surface area contributed by atoms with Crippen LogP contribution >= 0.6 is 0 Å². The van der Waals surface area contributed by atoms with Gasteiger partial charge in [0.15, 0.2) is 0 Å². The van der Waals surface area contributed by atoms with Crippen molar-refractivity contribution in [2.45, 2.75) is 25.2 Å². The number of rotatable bonds is 3. The van der Waals surface area contributed by atoms with E-state index in [4.69, 9.17) is 4.74 Å². The molecule has 0 bridgehead atoms. The number of aromatic nitrogens is 2. The molecule has 0 radical (unpaired) electrons. The van der Waals surface area contributed by atoms with Crippen LogP contribution in [0.25, 0.3) is 0 Å². The third-order valence-electron chi connectivity index (χ3n) is 4.45. The first-order valence-electron chi connectivity index (χ1n) is 7.77. The van der Waals surface area contributed by atoms with Crippen LogP contribution in [0.15, 0.2) is 12.3 Å². The van der Waals surface area contributed by atoms with Crippen LogP contribution in [0.5, 0.6) is 5.88 Å². The Morgan fingerprint density at radius 2 is 2.09 bits per heavy atom. The number of piperidine rings is 1. The van der Waals surface area contributed by atoms with Gasteiger partial charge in [-0.05, 0) is 6.42 Å². The molecule has 0 saturated carbocycles. The molecule has 0 aromatic carbocycles. The zero-order chi connectivity index (χ0) is 16.4. The molecule has 1 amide bonds. The lowest BCUT2D eigenvalue weighted by atomic mass is 10.0. The standard InChI is InChI=1S/C15H20F2N4O2/c1-23-12-2-6-18-14(19-12)21-7-3-11(10-21)13(22)20-8-4-15(16,17)5-9-20/h2,6,11H,3-5,7-10H2,1H3. The van der Waals surface area contributed by atoms with E-state index in [-0.39, 0.29) is 37.8 Å². The maximum Gasteiger partial charge on any atom is 0.251 e. The number of alkyl halides is 2. The number of carbonyl (C=O) groups excluding carboxylic acids is 1. The van der Waals surface area contributed by atoms with E-state index in [0.29, 0.717) is 31.3 Å². The van der Waals surface area contributed by atoms with E-state index in [2.05, 4.69) is 9.97 Å². The van der Waals surface area contributed by atoms with Crippen molar-refractivity contribution < 1.29 is 18.3 Å². The Hall–Kier alpha value is -1.99. The molecule has 1 atom stereocenters. The molecule has 1 aromatic rings. The normalized spacial score (nSPS) is 23.9. The summed E-state index contributed by atoms with van der Waals surface area (Å²) >= 11 is 0. The Bertz CT molecular complexity index is 574. The molecule has 2 fully saturated rings. The number of halogens is 2. The summed E-state index contributed by atoms with van der Waals surface area (Å²) < 4.78 is 31.5. The number of anilines is 1. The molecule has 3 rings (SSSR count). The van der Waals surface area contributed by atoms with Crippen molar-refractivity contribution >= 4 is 11.9 Å². The molecule has 3 heterocycles. The maximum atomic E-state index is 13.2. The van der Waals surface area contributed by atoms with Gasteiger partial charge < -0.3 is 14.5 Å². The monoisotopic (exact) mass is 326 g/mol. The second kappa shape index (κ2) is 6.25. The molecule has 1 aromatic heterocycles. The highest BCUT2D eigenvalue weighted by Gasteiger charge is 2.39. The molecule has 0 spiro atoms. The highest BCUT2D eigenvalue weighted by molar-refractivity contribution is 5.80. The summed E-state index contributed by atoms with van der Waals surface area (Å²) in [6.07, 6.45) is 1.82. The number of amides is 1. The SMILES string of the molecule is COc1ccnc(N2CCC(C(=O)N3CCC(F)(F)CC3)C2)n1. The van der Waals surface area contributed by atoms with E-state index in [1.807, 2.05) is 4.90 Å². The molecule has 0 N–H and O–H groups in total. The Morgan fingerprint density at radius 3 is 2.78 bits per heavy atom. The Labute approximate surface area is 133 Å². The van der Waals surface area contributed by atoms with Crippen LogP contribution in [0.3, 0.4) is 0 Å². The highest BCUT2D eigenvalue weighted by Crippen LogP contribution is 2.30. The molecule has 2 aliphatic rings. The van der Waals surface area contributed by atoms with Crippen molar-refractivity contribution in [1.29, 1.82) is 0 Å². The Balaban J connectivity index is 1.60. The summed E-state index contributed by atoms with van der Waals surface area (Å²) in [6, 6.07) is 1.66. The van der Waals surface area contributed by atoms with Crippen molar-refractivity contribution in [2.75, 3.05) is 38.2 Å². The average molecular weight is 326 g/mol. The van der Waals surface area contributed by atoms with Gasteiger partial charge >= 0.3 is 0 Å². The number of hydrogen-bond donors (Lipinski definition) is 0. The van der Waals surface area contributed by atoms with Gasteiger partial charge in [-0.2, -0.15) is 4.98 Å². The number of hydrogen-bond acceptors (Lipinski definition) is 5. The second-order valence-electron chi connectivity index (χ2n) is 6.01. The molecule has 6 nitrogen and oxygen atoms in total. The highest BCUT2D eigenvalue weighted by atomic mass is 19.3. The van der Waals surface area contributed by atoms with Gasteiger partial charge in [-0.15, -0.1) is 0 Å². The van der Waals surface area contributed by atoms with Gasteiger partial charge in [0.1, 0.15) is 0 Å². The van der Waals surface area contributed by atoms with Crippen molar-refractivity contribution in [3.05, 3.63) is 12.3 Å². The number of ether oxygens (including phenoxy) is 1. The summed E-state index contributed by atoms with van der Waals surface area (Å²) in [5.41, 5.74) is 0. The fraction of sp³-hybridized carbons (Fsp3) is 0.667. The van der Waals surface area contributed by atoms with Crippen molar-refractivity contribution in [3.63, 3.8) is 0 Å². The predicted octanol–water partition coefficient (Wildman–Crippen LogP) is 1.57. The fourth-order valence-corrected chi connectivity index (χ4v) is 3.05. The van der Waals surface area contributed by atoms with E-state index < -0.39 is 5.92 Å². The zero-order valence-corrected chi connectivity index (χ0v) is 13.0. The third-order valence-corrected chi connectivity index (χ3v) is 4.45. The van der Waals surface area contributed by atoms with Crippen LogP contribution in [-0.2, 0) is 4.79 Å². The molecule has 2 saturated heterocycles. The lowest BCUT2D eigenvalue weighted by Gasteiger charge is -2.33. The molecular formula is C15H20F2N4O2. The number of nitrogens with zero attached hydrogens (tertiary/aromatic N) is 4. The van der Waals surface area contributed by atoms with Crippen LogP contribution in [0.4, 0.5) is 14.7 Å². The second-order valence-corrected chi connectivity index (χ2v) is 6.01. The topological polar surface area (TPSA) is 58.6 Å². The molecule has 126 valence electrons. The Morgan fingerprint density at radius 1 is 1.35 bits per heavy atom. The van der Waals surface area contributed by atoms with E-state index in [1.165, 1.54) is 7.11 Å². The lowest BCUT2D eigenvalue weighted by Crippen LogP contribution is -2.45. The number of carbonyl (C=O) groups is 1. The Kier molecular flexibility index (Phi) is 4.32. The van der Waals surface area contributed by atoms with Gasteiger partial charge in [-0.3, -0.25) is 4.79 Å². The smallest absolute Gasteiger partial charge is 0.251 e. The van der Waals surface area contributed by atoms with Crippen molar-refractivity contribution in [1.82, 2.24) is 14.9 Å². The van der Waals surface area contributed by atoms with Crippen molar-refractivity contribution in [2.24, 2.45) is 5.92 Å². The predicted molar refractivity (Wildman–Crippen MR) is 79.7 cm³/mol. The zero-order valence-electron chi connectivity index (χ0n) is 13.0. The first-order chi connectivity index (χ1) is 11.0. The summed E-state index contributed by atoms with van der Waals surface area (Å²) in [7, 11) is 1.54. The largest absolute Gasteiger partial charge is 0.481 e. The minimum atomic E-state index is -2.63. The van der Waals surface area contributed by atoms with E-state index in [9.17, 15) is 13.6 Å². The van der Waals surface area contributed by atoms with Crippen LogP contribution in [0.1, 0.15) is 19.3 Å². The number of methoxy groups -OCH3 is 1. The van der Waals surface area contributed by atoms with Crippen molar-refractivity contribution in [3.8, 4) is 5.88 Å². The fourth-order valence-electron chi connectivity index (χ4n) is 3.05. The maximum absolute atomic E-state index is 13.2. The minimum absolute atomic E-state index is 0.0362. The van der Waals surface area contributed by atoms with Crippen LogP contribution in [-0.4, -0.2) is 60.0 Å². The van der Waals surface area contributed by atoms with Gasteiger partial charge in [0, 0.05) is 51.3 Å². The quantitative estimate of drug-likeness (QED) is 0.844. The van der Waals surface area contributed by atoms with Crippen LogP contribution in [0.2, 0.25) is 0 Å². The number of likely N-dealkylation sites (tertiary alicyclic amines) is 1. The minimum Gasteiger partial charge on any atom is -0.481 e. The molecule has 0 aliphatic carbocycles. The van der Waals surface area contributed by atoms with Crippen LogP contribution in [0, 0.1) is 5.92 Å². The van der Waals surface area contributed by atoms with Gasteiger partial charge in [-0.25, -0.2) is 13.8 Å². The summed E-state index contributed by atoms with van der Waals surface area (Å²) in [5, 5.41) is 0.